The number of likely N-dealkylation sites (tertiary alicyclic amines) is 1. The van der Waals surface area contributed by atoms with Crippen LogP contribution in [0.25, 0.3) is 0 Å². The molecule has 5 rings (SSSR count). The summed E-state index contributed by atoms with van der Waals surface area (Å²) in [6.45, 7) is 5.72. The lowest BCUT2D eigenvalue weighted by atomic mass is 9.96. The highest BCUT2D eigenvalue weighted by molar-refractivity contribution is 7.12. The molecule has 5 heterocycles. The number of rotatable bonds is 4. The van der Waals surface area contributed by atoms with E-state index in [1.807, 2.05) is 29.8 Å². The standard InChI is InChI=1S/C24H27N5O2S/c1-16-5-2-9-25-20(16)15-28-10-3-6-17(13-28)22-26-19-8-11-29(14-18(19)23(30)27-22)24(31)21-7-4-12-32-21/h2,4-5,7,9,12,17H,3,6,8,10-11,13-15H2,1H3,(H,26,27,30)/t17-/m1/s1. The van der Waals surface area contributed by atoms with Gasteiger partial charge in [-0.25, -0.2) is 4.98 Å². The Kier molecular flexibility index (Phi) is 5.89. The summed E-state index contributed by atoms with van der Waals surface area (Å²) in [4.78, 5) is 43.0. The van der Waals surface area contributed by atoms with Gasteiger partial charge in [-0.1, -0.05) is 12.1 Å². The maximum absolute atomic E-state index is 12.9. The predicted molar refractivity (Wildman–Crippen MR) is 124 cm³/mol. The number of amides is 1. The fourth-order valence-electron chi connectivity index (χ4n) is 4.69. The van der Waals surface area contributed by atoms with Gasteiger partial charge in [-0.3, -0.25) is 19.5 Å². The summed E-state index contributed by atoms with van der Waals surface area (Å²) in [5.74, 6) is 0.979. The lowest BCUT2D eigenvalue weighted by Crippen LogP contribution is -2.40. The number of H-pyrrole nitrogens is 1. The van der Waals surface area contributed by atoms with Gasteiger partial charge in [0.15, 0.2) is 0 Å². The monoisotopic (exact) mass is 449 g/mol. The van der Waals surface area contributed by atoms with Gasteiger partial charge in [-0.15, -0.1) is 11.3 Å². The fraction of sp³-hybridized carbons (Fsp3) is 0.417. The van der Waals surface area contributed by atoms with Crippen molar-refractivity contribution in [2.24, 2.45) is 0 Å². The van der Waals surface area contributed by atoms with Crippen LogP contribution in [0.4, 0.5) is 0 Å². The Morgan fingerprint density at radius 3 is 3.00 bits per heavy atom. The van der Waals surface area contributed by atoms with Gasteiger partial charge in [0, 0.05) is 38.2 Å². The van der Waals surface area contributed by atoms with Gasteiger partial charge < -0.3 is 9.88 Å². The van der Waals surface area contributed by atoms with Gasteiger partial charge >= 0.3 is 0 Å². The van der Waals surface area contributed by atoms with E-state index in [9.17, 15) is 9.59 Å². The minimum atomic E-state index is -0.105. The predicted octanol–water partition coefficient (Wildman–Crippen LogP) is 3.11. The number of pyridine rings is 1. The first-order valence-electron chi connectivity index (χ1n) is 11.2. The van der Waals surface area contributed by atoms with E-state index < -0.39 is 0 Å². The van der Waals surface area contributed by atoms with E-state index in [0.717, 1.165) is 49.7 Å². The Balaban J connectivity index is 1.31. The molecular formula is C24H27N5O2S. The topological polar surface area (TPSA) is 82.2 Å². The molecular weight excluding hydrogens is 422 g/mol. The number of carbonyl (C=O) groups excluding carboxylic acids is 1. The van der Waals surface area contributed by atoms with Crippen LogP contribution in [0.2, 0.25) is 0 Å². The normalized spacial score (nSPS) is 19.0. The van der Waals surface area contributed by atoms with E-state index in [-0.39, 0.29) is 17.4 Å². The second-order valence-corrected chi connectivity index (χ2v) is 9.62. The molecule has 1 fully saturated rings. The molecule has 7 nitrogen and oxygen atoms in total. The summed E-state index contributed by atoms with van der Waals surface area (Å²) in [6, 6.07) is 7.77. The van der Waals surface area contributed by atoms with Gasteiger partial charge in [0.2, 0.25) is 0 Å². The van der Waals surface area contributed by atoms with Crippen LogP contribution in [0.5, 0.6) is 0 Å². The highest BCUT2D eigenvalue weighted by atomic mass is 32.1. The molecule has 3 aromatic rings. The number of aromatic amines is 1. The first-order valence-corrected chi connectivity index (χ1v) is 12.0. The van der Waals surface area contributed by atoms with Crippen LogP contribution >= 0.6 is 11.3 Å². The molecule has 1 amide bonds. The van der Waals surface area contributed by atoms with E-state index in [1.54, 1.807) is 4.90 Å². The Bertz CT molecular complexity index is 1170. The van der Waals surface area contributed by atoms with Gasteiger partial charge in [0.1, 0.15) is 5.82 Å². The average molecular weight is 450 g/mol. The zero-order valence-corrected chi connectivity index (χ0v) is 19.0. The minimum Gasteiger partial charge on any atom is -0.333 e. The highest BCUT2D eigenvalue weighted by Crippen LogP contribution is 2.27. The average Bonchev–Trinajstić information content (AvgIpc) is 3.35. The van der Waals surface area contributed by atoms with Crippen molar-refractivity contribution in [3.8, 4) is 0 Å². The molecule has 0 spiro atoms. The zero-order valence-electron chi connectivity index (χ0n) is 18.2. The Hall–Kier alpha value is -2.84. The van der Waals surface area contributed by atoms with Gasteiger partial charge in [-0.2, -0.15) is 0 Å². The smallest absolute Gasteiger partial charge is 0.264 e. The third-order valence-electron chi connectivity index (χ3n) is 6.49. The van der Waals surface area contributed by atoms with Crippen LogP contribution in [-0.2, 0) is 19.5 Å². The molecule has 1 atom stereocenters. The van der Waals surface area contributed by atoms with Crippen LogP contribution in [-0.4, -0.2) is 50.3 Å². The maximum Gasteiger partial charge on any atom is 0.264 e. The summed E-state index contributed by atoms with van der Waals surface area (Å²) in [5, 5.41) is 1.90. The molecule has 0 bridgehead atoms. The molecule has 0 unspecified atom stereocenters. The van der Waals surface area contributed by atoms with Crippen LogP contribution in [0.3, 0.4) is 0 Å². The van der Waals surface area contributed by atoms with Crippen molar-refractivity contribution in [3.63, 3.8) is 0 Å². The Morgan fingerprint density at radius 1 is 1.28 bits per heavy atom. The molecule has 2 aliphatic heterocycles. The summed E-state index contributed by atoms with van der Waals surface area (Å²) in [7, 11) is 0. The molecule has 0 aromatic carbocycles. The maximum atomic E-state index is 12.9. The SMILES string of the molecule is Cc1cccnc1CN1CCC[C@@H](c2nc3c(c(=O)[nH]2)CN(C(=O)c2cccs2)CC3)C1. The molecule has 166 valence electrons. The summed E-state index contributed by atoms with van der Waals surface area (Å²) < 4.78 is 0. The van der Waals surface area contributed by atoms with E-state index >= 15 is 0 Å². The molecule has 2 aliphatic rings. The first kappa shape index (κ1) is 21.0. The van der Waals surface area contributed by atoms with Gasteiger partial charge in [0.25, 0.3) is 11.5 Å². The van der Waals surface area contributed by atoms with Crippen LogP contribution in [0.1, 0.15) is 56.8 Å². The molecule has 1 saturated heterocycles. The lowest BCUT2D eigenvalue weighted by molar-refractivity contribution is 0.0737. The van der Waals surface area contributed by atoms with Crippen molar-refractivity contribution in [3.05, 3.63) is 79.4 Å². The first-order chi connectivity index (χ1) is 15.6. The molecule has 3 aromatic heterocycles. The van der Waals surface area contributed by atoms with Crippen molar-refractivity contribution < 1.29 is 4.79 Å². The molecule has 32 heavy (non-hydrogen) atoms. The van der Waals surface area contributed by atoms with Gasteiger partial charge in [-0.05, 0) is 49.4 Å². The Labute approximate surface area is 191 Å². The number of thiophene rings is 1. The van der Waals surface area contributed by atoms with Crippen LogP contribution in [0, 0.1) is 6.92 Å². The number of carbonyl (C=O) groups is 1. The number of piperidine rings is 1. The molecule has 0 aliphatic carbocycles. The van der Waals surface area contributed by atoms with E-state index in [4.69, 9.17) is 4.98 Å². The minimum absolute atomic E-state index is 0.0122. The number of hydrogen-bond donors (Lipinski definition) is 1. The molecule has 8 heteroatoms. The van der Waals surface area contributed by atoms with E-state index in [0.29, 0.717) is 30.0 Å². The van der Waals surface area contributed by atoms with Crippen molar-refractivity contribution in [2.75, 3.05) is 19.6 Å². The van der Waals surface area contributed by atoms with Crippen molar-refractivity contribution in [1.82, 2.24) is 24.8 Å². The van der Waals surface area contributed by atoms with E-state index in [2.05, 4.69) is 27.9 Å². The lowest BCUT2D eigenvalue weighted by Gasteiger charge is -2.33. The molecule has 1 N–H and O–H groups in total. The number of hydrogen-bond acceptors (Lipinski definition) is 6. The van der Waals surface area contributed by atoms with Gasteiger partial charge in [0.05, 0.1) is 28.4 Å². The quantitative estimate of drug-likeness (QED) is 0.662. The number of aryl methyl sites for hydroxylation is 1. The largest absolute Gasteiger partial charge is 0.333 e. The van der Waals surface area contributed by atoms with Crippen molar-refractivity contribution in [2.45, 2.75) is 45.2 Å². The fourth-order valence-corrected chi connectivity index (χ4v) is 5.38. The summed E-state index contributed by atoms with van der Waals surface area (Å²) in [6.07, 6.45) is 4.55. The highest BCUT2D eigenvalue weighted by Gasteiger charge is 2.29. The Morgan fingerprint density at radius 2 is 2.19 bits per heavy atom. The van der Waals surface area contributed by atoms with Crippen molar-refractivity contribution in [1.29, 1.82) is 0 Å². The third kappa shape index (κ3) is 4.25. The van der Waals surface area contributed by atoms with E-state index in [1.165, 1.54) is 16.9 Å². The van der Waals surface area contributed by atoms with Crippen LogP contribution in [0.15, 0.2) is 40.6 Å². The number of nitrogens with one attached hydrogen (secondary N) is 1. The summed E-state index contributed by atoms with van der Waals surface area (Å²) >= 11 is 1.43. The zero-order chi connectivity index (χ0) is 22.1. The molecule has 0 saturated carbocycles. The number of aromatic nitrogens is 3. The number of nitrogens with zero attached hydrogens (tertiary/aromatic N) is 4. The van der Waals surface area contributed by atoms with Crippen molar-refractivity contribution >= 4 is 17.2 Å². The third-order valence-corrected chi connectivity index (χ3v) is 7.35. The molecule has 0 radical (unpaired) electrons. The summed E-state index contributed by atoms with van der Waals surface area (Å²) in [5.41, 5.74) is 3.68. The number of fused-ring (bicyclic) bond motifs is 1. The van der Waals surface area contributed by atoms with Crippen LogP contribution < -0.4 is 5.56 Å². The second-order valence-electron chi connectivity index (χ2n) is 8.67. The second kappa shape index (κ2) is 8.96.